The van der Waals surface area contributed by atoms with Gasteiger partial charge in [0.15, 0.2) is 23.4 Å². The van der Waals surface area contributed by atoms with Crippen molar-refractivity contribution < 1.29 is 9.47 Å². The van der Waals surface area contributed by atoms with Gasteiger partial charge in [-0.1, -0.05) is 37.1 Å². The van der Waals surface area contributed by atoms with Crippen LogP contribution in [0.4, 0.5) is 0 Å². The number of ether oxygens (including phenoxy) is 2. The van der Waals surface area contributed by atoms with Crippen LogP contribution in [0.2, 0.25) is 5.15 Å². The van der Waals surface area contributed by atoms with Crippen molar-refractivity contribution in [2.75, 3.05) is 6.61 Å². The van der Waals surface area contributed by atoms with Crippen LogP contribution in [0.25, 0.3) is 0 Å². The minimum atomic E-state index is -0.329. The summed E-state index contributed by atoms with van der Waals surface area (Å²) in [6, 6.07) is 7.59. The van der Waals surface area contributed by atoms with Gasteiger partial charge >= 0.3 is 0 Å². The molecule has 2 aromatic rings. The molecule has 0 N–H and O–H groups in total. The van der Waals surface area contributed by atoms with E-state index in [0.29, 0.717) is 23.3 Å². The fraction of sp³-hybridized carbons (Fsp3) is 0.333. The minimum absolute atomic E-state index is 0.329. The van der Waals surface area contributed by atoms with Crippen molar-refractivity contribution >= 4 is 34.2 Å². The summed E-state index contributed by atoms with van der Waals surface area (Å²) in [6.07, 6.45) is 1.55. The molecule has 0 bridgehead atoms. The Balaban J connectivity index is 1.91. The lowest BCUT2D eigenvalue weighted by Crippen LogP contribution is -2.24. The molecule has 0 amide bonds. The van der Waals surface area contributed by atoms with E-state index in [4.69, 9.17) is 21.1 Å². The topological polar surface area (TPSA) is 44.2 Å². The van der Waals surface area contributed by atoms with E-state index in [1.165, 1.54) is 0 Å². The molecule has 1 aromatic heterocycles. The van der Waals surface area contributed by atoms with Crippen molar-refractivity contribution in [2.24, 2.45) is 0 Å². The lowest BCUT2D eigenvalue weighted by Gasteiger charge is -2.25. The summed E-state index contributed by atoms with van der Waals surface area (Å²) in [7, 11) is 0. The molecule has 21 heavy (non-hydrogen) atoms. The van der Waals surface area contributed by atoms with Crippen LogP contribution in [0.1, 0.15) is 31.0 Å². The molecule has 2 heterocycles. The maximum atomic E-state index is 6.22. The van der Waals surface area contributed by atoms with E-state index in [9.17, 15) is 0 Å². The number of fused-ring (bicyclic) bond motifs is 1. The van der Waals surface area contributed by atoms with Crippen molar-refractivity contribution in [1.82, 2.24) is 9.97 Å². The van der Waals surface area contributed by atoms with Crippen LogP contribution < -0.4 is 9.47 Å². The van der Waals surface area contributed by atoms with E-state index in [1.54, 1.807) is 0 Å². The van der Waals surface area contributed by atoms with Crippen molar-refractivity contribution in [1.29, 1.82) is 0 Å². The molecule has 6 heteroatoms. The van der Waals surface area contributed by atoms with Gasteiger partial charge in [-0.2, -0.15) is 0 Å². The fourth-order valence-corrected chi connectivity index (χ4v) is 2.88. The molecule has 1 atom stereocenters. The van der Waals surface area contributed by atoms with Gasteiger partial charge in [0, 0.05) is 0 Å². The molecule has 0 saturated carbocycles. The van der Waals surface area contributed by atoms with Gasteiger partial charge < -0.3 is 9.47 Å². The van der Waals surface area contributed by atoms with Gasteiger partial charge in [0.1, 0.15) is 11.8 Å². The number of rotatable bonds is 3. The molecule has 1 aliphatic heterocycles. The summed E-state index contributed by atoms with van der Waals surface area (Å²) in [5, 5.41) is 0.478. The Morgan fingerprint density at radius 2 is 2.05 bits per heavy atom. The molecule has 0 spiro atoms. The fourth-order valence-electron chi connectivity index (χ4n) is 2.17. The van der Waals surface area contributed by atoms with Gasteiger partial charge in [0.2, 0.25) is 0 Å². The smallest absolute Gasteiger partial charge is 0.192 e. The molecule has 4 nitrogen and oxygen atoms in total. The summed E-state index contributed by atoms with van der Waals surface area (Å²) in [5.41, 5.74) is 0.968. The molecule has 0 aliphatic carbocycles. The van der Waals surface area contributed by atoms with Gasteiger partial charge in [0.25, 0.3) is 0 Å². The Morgan fingerprint density at radius 3 is 2.81 bits per heavy atom. The molecular weight excluding hydrogens is 403 g/mol. The van der Waals surface area contributed by atoms with Crippen LogP contribution in [0.15, 0.2) is 24.3 Å². The molecule has 0 saturated heterocycles. The number of benzene rings is 1. The van der Waals surface area contributed by atoms with Gasteiger partial charge in [-0.15, -0.1) is 0 Å². The predicted octanol–water partition coefficient (Wildman–Crippen LogP) is 4.20. The average Bonchev–Trinajstić information content (AvgIpc) is 2.51. The Bertz CT molecular complexity index is 666. The number of aryl methyl sites for hydroxylation is 1. The largest absolute Gasteiger partial charge is 0.485 e. The number of aromatic nitrogens is 2. The molecular formula is C15H14ClIN2O2. The Kier molecular flexibility index (Phi) is 4.49. The van der Waals surface area contributed by atoms with E-state index in [-0.39, 0.29) is 6.10 Å². The van der Waals surface area contributed by atoms with Crippen molar-refractivity contribution in [3.8, 4) is 11.5 Å². The van der Waals surface area contributed by atoms with Gasteiger partial charge in [-0.25, -0.2) is 9.97 Å². The Labute approximate surface area is 142 Å². The van der Waals surface area contributed by atoms with Crippen molar-refractivity contribution in [2.45, 2.75) is 25.9 Å². The SMILES string of the molecule is CCCc1nc(C2COc3ccccc3O2)nc(Cl)c1I. The zero-order chi connectivity index (χ0) is 14.8. The second kappa shape index (κ2) is 6.36. The van der Waals surface area contributed by atoms with Gasteiger partial charge in [-0.3, -0.25) is 0 Å². The van der Waals surface area contributed by atoms with Crippen LogP contribution in [0, 0.1) is 3.57 Å². The highest BCUT2D eigenvalue weighted by Crippen LogP contribution is 2.35. The summed E-state index contributed by atoms with van der Waals surface area (Å²) < 4.78 is 12.6. The molecule has 0 radical (unpaired) electrons. The first-order valence-corrected chi connectivity index (χ1v) is 8.25. The summed E-state index contributed by atoms with van der Waals surface area (Å²) in [6.45, 7) is 2.50. The normalized spacial score (nSPS) is 16.8. The maximum absolute atomic E-state index is 6.22. The summed E-state index contributed by atoms with van der Waals surface area (Å²) >= 11 is 8.41. The van der Waals surface area contributed by atoms with Gasteiger partial charge in [-0.05, 0) is 41.1 Å². The lowest BCUT2D eigenvalue weighted by molar-refractivity contribution is 0.0848. The Morgan fingerprint density at radius 1 is 1.29 bits per heavy atom. The summed E-state index contributed by atoms with van der Waals surface area (Å²) in [4.78, 5) is 8.97. The van der Waals surface area contributed by atoms with Crippen molar-refractivity contribution in [3.63, 3.8) is 0 Å². The predicted molar refractivity (Wildman–Crippen MR) is 89.1 cm³/mol. The minimum Gasteiger partial charge on any atom is -0.485 e. The molecule has 1 unspecified atom stereocenters. The van der Waals surface area contributed by atoms with Crippen LogP contribution >= 0.6 is 34.2 Å². The molecule has 110 valence electrons. The zero-order valence-electron chi connectivity index (χ0n) is 11.5. The molecule has 0 fully saturated rings. The third-order valence-electron chi connectivity index (χ3n) is 3.18. The highest BCUT2D eigenvalue weighted by Gasteiger charge is 2.26. The number of hydrogen-bond acceptors (Lipinski definition) is 4. The zero-order valence-corrected chi connectivity index (χ0v) is 14.4. The average molecular weight is 417 g/mol. The lowest BCUT2D eigenvalue weighted by atomic mass is 10.2. The van der Waals surface area contributed by atoms with E-state index < -0.39 is 0 Å². The number of hydrogen-bond donors (Lipinski definition) is 0. The highest BCUT2D eigenvalue weighted by molar-refractivity contribution is 14.1. The molecule has 1 aromatic carbocycles. The second-order valence-corrected chi connectivity index (χ2v) is 6.18. The Hall–Kier alpha value is -1.08. The molecule has 1 aliphatic rings. The monoisotopic (exact) mass is 416 g/mol. The number of nitrogens with zero attached hydrogens (tertiary/aromatic N) is 2. The molecule has 3 rings (SSSR count). The highest BCUT2D eigenvalue weighted by atomic mass is 127. The van der Waals surface area contributed by atoms with Crippen LogP contribution in [0.5, 0.6) is 11.5 Å². The summed E-state index contributed by atoms with van der Waals surface area (Å²) in [5.74, 6) is 2.04. The standard InChI is InChI=1S/C15H14ClIN2O2/c1-2-5-9-13(17)14(16)19-15(18-9)12-8-20-10-6-3-4-7-11(10)21-12/h3-4,6-7,12H,2,5,8H2,1H3. The third-order valence-corrected chi connectivity index (χ3v) is 4.91. The van der Waals surface area contributed by atoms with Crippen LogP contribution in [-0.4, -0.2) is 16.6 Å². The quantitative estimate of drug-likeness (QED) is 0.556. The number of para-hydroxylation sites is 2. The van der Waals surface area contributed by atoms with E-state index in [1.807, 2.05) is 24.3 Å². The first-order valence-electron chi connectivity index (χ1n) is 6.79. The third kappa shape index (κ3) is 3.08. The maximum Gasteiger partial charge on any atom is 0.192 e. The van der Waals surface area contributed by atoms with Crippen molar-refractivity contribution in [3.05, 3.63) is 44.5 Å². The first kappa shape index (κ1) is 14.8. The van der Waals surface area contributed by atoms with Gasteiger partial charge in [0.05, 0.1) is 9.26 Å². The van der Waals surface area contributed by atoms with E-state index in [2.05, 4.69) is 39.5 Å². The second-order valence-electron chi connectivity index (χ2n) is 4.75. The van der Waals surface area contributed by atoms with E-state index >= 15 is 0 Å². The van der Waals surface area contributed by atoms with E-state index in [0.717, 1.165) is 27.9 Å². The van der Waals surface area contributed by atoms with Crippen LogP contribution in [0.3, 0.4) is 0 Å². The number of halogens is 2. The van der Waals surface area contributed by atoms with Crippen LogP contribution in [-0.2, 0) is 6.42 Å². The first-order chi connectivity index (χ1) is 10.2.